The lowest BCUT2D eigenvalue weighted by Crippen LogP contribution is -2.24. The van der Waals surface area contributed by atoms with Gasteiger partial charge in [-0.25, -0.2) is 4.39 Å². The number of rotatable bonds is 5. The van der Waals surface area contributed by atoms with E-state index in [0.29, 0.717) is 0 Å². The lowest BCUT2D eigenvalue weighted by molar-refractivity contribution is -0.385. The number of benzene rings is 2. The molecule has 0 heterocycles. The highest BCUT2D eigenvalue weighted by molar-refractivity contribution is 6.31. The van der Waals surface area contributed by atoms with Crippen molar-refractivity contribution in [2.75, 3.05) is 13.2 Å². The van der Waals surface area contributed by atoms with Gasteiger partial charge in [0.1, 0.15) is 12.2 Å². The Kier molecular flexibility index (Phi) is 6.32. The highest BCUT2D eigenvalue weighted by Crippen LogP contribution is 2.22. The van der Waals surface area contributed by atoms with E-state index in [9.17, 15) is 19.3 Å². The monoisotopic (exact) mass is 362 g/mol. The second kappa shape index (κ2) is 8.66. The number of nitrogens with one attached hydrogen (secondary N) is 1. The van der Waals surface area contributed by atoms with Crippen molar-refractivity contribution in [3.63, 3.8) is 0 Å². The van der Waals surface area contributed by atoms with Gasteiger partial charge < -0.3 is 10.1 Å². The first-order valence-electron chi connectivity index (χ1n) is 7.04. The number of carbonyl (C=O) groups excluding carboxylic acids is 1. The Bertz CT molecular complexity index is 861. The van der Waals surface area contributed by atoms with Crippen molar-refractivity contribution in [3.05, 3.63) is 69.0 Å². The second-order valence-corrected chi connectivity index (χ2v) is 5.11. The largest absolute Gasteiger partial charge is 0.478 e. The summed E-state index contributed by atoms with van der Waals surface area (Å²) in [5.74, 6) is 4.13. The first-order valence-corrected chi connectivity index (χ1v) is 7.42. The molecule has 0 bridgehead atoms. The number of amides is 1. The molecule has 0 atom stereocenters. The molecule has 8 heteroatoms. The van der Waals surface area contributed by atoms with Crippen molar-refractivity contribution in [3.8, 4) is 17.6 Å². The summed E-state index contributed by atoms with van der Waals surface area (Å²) >= 11 is 5.76. The second-order valence-electron chi connectivity index (χ2n) is 4.67. The highest BCUT2D eigenvalue weighted by atomic mass is 35.5. The molecular weight excluding hydrogens is 351 g/mol. The Morgan fingerprint density at radius 1 is 1.28 bits per heavy atom. The van der Waals surface area contributed by atoms with Crippen molar-refractivity contribution < 1.29 is 18.8 Å². The molecule has 0 fully saturated rings. The Morgan fingerprint density at radius 2 is 2.04 bits per heavy atom. The molecule has 128 valence electrons. The van der Waals surface area contributed by atoms with Gasteiger partial charge in [-0.3, -0.25) is 14.9 Å². The van der Waals surface area contributed by atoms with Crippen molar-refractivity contribution in [2.24, 2.45) is 0 Å². The smallest absolute Gasteiger partial charge is 0.282 e. The topological polar surface area (TPSA) is 81.5 Å². The fraction of sp³-hybridized carbons (Fsp3) is 0.118. The average molecular weight is 363 g/mol. The first-order chi connectivity index (χ1) is 12.0. The Morgan fingerprint density at radius 3 is 2.76 bits per heavy atom. The van der Waals surface area contributed by atoms with Gasteiger partial charge in [-0.05, 0) is 24.3 Å². The van der Waals surface area contributed by atoms with Gasteiger partial charge in [0.05, 0.1) is 11.5 Å². The summed E-state index contributed by atoms with van der Waals surface area (Å²) in [6, 6.07) is 9.60. The summed E-state index contributed by atoms with van der Waals surface area (Å²) < 4.78 is 18.4. The van der Waals surface area contributed by atoms with Gasteiger partial charge in [-0.15, -0.1) is 0 Å². The van der Waals surface area contributed by atoms with Crippen LogP contribution in [0.3, 0.4) is 0 Å². The summed E-state index contributed by atoms with van der Waals surface area (Å²) in [4.78, 5) is 22.3. The SMILES string of the molecule is O=C(NCC#CCOc1ccccc1F)c1cc(Cl)ccc1[N+](=O)[O-]. The third-order valence-electron chi connectivity index (χ3n) is 3.00. The zero-order valence-electron chi connectivity index (χ0n) is 12.8. The van der Waals surface area contributed by atoms with Crippen molar-refractivity contribution in [1.82, 2.24) is 5.32 Å². The predicted molar refractivity (Wildman–Crippen MR) is 90.1 cm³/mol. The fourth-order valence-corrected chi connectivity index (χ4v) is 2.03. The van der Waals surface area contributed by atoms with E-state index in [1.165, 1.54) is 24.3 Å². The van der Waals surface area contributed by atoms with Crippen LogP contribution in [-0.2, 0) is 0 Å². The average Bonchev–Trinajstić information content (AvgIpc) is 2.58. The molecule has 0 saturated carbocycles. The Balaban J connectivity index is 1.89. The van der Waals surface area contributed by atoms with Crippen LogP contribution < -0.4 is 10.1 Å². The molecule has 1 amide bonds. The third kappa shape index (κ3) is 5.19. The molecule has 1 N–H and O–H groups in total. The lowest BCUT2D eigenvalue weighted by atomic mass is 10.1. The molecule has 0 aliphatic heterocycles. The minimum Gasteiger partial charge on any atom is -0.478 e. The zero-order chi connectivity index (χ0) is 18.2. The minimum absolute atomic E-state index is 0.0524. The van der Waals surface area contributed by atoms with Crippen LogP contribution in [0.4, 0.5) is 10.1 Å². The molecule has 0 unspecified atom stereocenters. The quantitative estimate of drug-likeness (QED) is 0.503. The summed E-state index contributed by atoms with van der Waals surface area (Å²) in [6.45, 7) is -0.114. The van der Waals surface area contributed by atoms with E-state index >= 15 is 0 Å². The Hall–Kier alpha value is -3.11. The van der Waals surface area contributed by atoms with E-state index in [-0.39, 0.29) is 35.2 Å². The molecule has 0 radical (unpaired) electrons. The number of nitrogens with zero attached hydrogens (tertiary/aromatic N) is 1. The van der Waals surface area contributed by atoms with Crippen molar-refractivity contribution in [1.29, 1.82) is 0 Å². The number of hydrogen-bond donors (Lipinski definition) is 1. The molecule has 0 spiro atoms. The van der Waals surface area contributed by atoms with Gasteiger partial charge in [0.15, 0.2) is 11.6 Å². The molecule has 2 aromatic carbocycles. The van der Waals surface area contributed by atoms with Crippen LogP contribution in [0.2, 0.25) is 5.02 Å². The predicted octanol–water partition coefficient (Wildman–Crippen LogP) is 3.20. The van der Waals surface area contributed by atoms with Crippen LogP contribution in [0.25, 0.3) is 0 Å². The lowest BCUT2D eigenvalue weighted by Gasteiger charge is -2.03. The van der Waals surface area contributed by atoms with Crippen LogP contribution >= 0.6 is 11.6 Å². The van der Waals surface area contributed by atoms with Crippen molar-refractivity contribution >= 4 is 23.2 Å². The third-order valence-corrected chi connectivity index (χ3v) is 3.23. The number of carbonyl (C=O) groups is 1. The minimum atomic E-state index is -0.668. The van der Waals surface area contributed by atoms with Crippen LogP contribution in [0, 0.1) is 27.8 Å². The first kappa shape index (κ1) is 18.2. The summed E-state index contributed by atoms with van der Waals surface area (Å²) in [5, 5.41) is 13.6. The standard InChI is InChI=1S/C17H12ClFN2O4/c18-12-7-8-15(21(23)24)13(11-12)17(22)20-9-3-4-10-25-16-6-2-1-5-14(16)19/h1-2,5-8,11H,9-10H2,(H,20,22). The van der Waals surface area contributed by atoms with Gasteiger partial charge in [-0.2, -0.15) is 0 Å². The molecule has 25 heavy (non-hydrogen) atoms. The normalized spacial score (nSPS) is 9.68. The Labute approximate surface area is 147 Å². The number of para-hydroxylation sites is 1. The highest BCUT2D eigenvalue weighted by Gasteiger charge is 2.19. The summed E-state index contributed by atoms with van der Waals surface area (Å²) in [7, 11) is 0. The van der Waals surface area contributed by atoms with E-state index in [1.807, 2.05) is 0 Å². The molecule has 0 aliphatic carbocycles. The number of nitro groups is 1. The van der Waals surface area contributed by atoms with Gasteiger partial charge in [0, 0.05) is 11.1 Å². The van der Waals surface area contributed by atoms with Gasteiger partial charge in [0.2, 0.25) is 0 Å². The molecule has 6 nitrogen and oxygen atoms in total. The number of halogens is 2. The summed E-state index contributed by atoms with van der Waals surface area (Å²) in [5.41, 5.74) is -0.500. The molecule has 0 aromatic heterocycles. The van der Waals surface area contributed by atoms with Crippen LogP contribution in [0.15, 0.2) is 42.5 Å². The number of hydrogen-bond acceptors (Lipinski definition) is 4. The van der Waals surface area contributed by atoms with E-state index in [1.54, 1.807) is 12.1 Å². The zero-order valence-corrected chi connectivity index (χ0v) is 13.5. The maximum atomic E-state index is 13.3. The molecular formula is C17H12ClFN2O4. The van der Waals surface area contributed by atoms with Crippen LogP contribution in [-0.4, -0.2) is 24.0 Å². The van der Waals surface area contributed by atoms with Crippen LogP contribution in [0.5, 0.6) is 5.75 Å². The van der Waals surface area contributed by atoms with E-state index in [0.717, 1.165) is 6.07 Å². The van der Waals surface area contributed by atoms with E-state index in [2.05, 4.69) is 17.2 Å². The maximum absolute atomic E-state index is 13.3. The van der Waals surface area contributed by atoms with Gasteiger partial charge >= 0.3 is 0 Å². The van der Waals surface area contributed by atoms with Gasteiger partial charge in [0.25, 0.3) is 11.6 Å². The van der Waals surface area contributed by atoms with Crippen molar-refractivity contribution in [2.45, 2.75) is 0 Å². The number of nitro benzene ring substituents is 1. The summed E-state index contributed by atoms with van der Waals surface area (Å²) in [6.07, 6.45) is 0. The molecule has 2 aromatic rings. The number of ether oxygens (including phenoxy) is 1. The van der Waals surface area contributed by atoms with Crippen LogP contribution in [0.1, 0.15) is 10.4 Å². The molecule has 0 aliphatic rings. The molecule has 2 rings (SSSR count). The fourth-order valence-electron chi connectivity index (χ4n) is 1.86. The molecule has 0 saturated heterocycles. The van der Waals surface area contributed by atoms with E-state index < -0.39 is 16.6 Å². The maximum Gasteiger partial charge on any atom is 0.282 e. The van der Waals surface area contributed by atoms with Gasteiger partial charge in [-0.1, -0.05) is 35.6 Å². The van der Waals surface area contributed by atoms with E-state index in [4.69, 9.17) is 16.3 Å².